The Hall–Kier alpha value is -1.59. The Morgan fingerprint density at radius 1 is 1.59 bits per heavy atom. The van der Waals surface area contributed by atoms with Gasteiger partial charge in [0.05, 0.1) is 0 Å². The molecule has 0 aliphatic carbocycles. The van der Waals surface area contributed by atoms with E-state index in [9.17, 15) is 9.18 Å². The Morgan fingerprint density at radius 3 is 2.88 bits per heavy atom. The van der Waals surface area contributed by atoms with Crippen molar-refractivity contribution in [2.75, 3.05) is 0 Å². The molecule has 17 heavy (non-hydrogen) atoms. The lowest BCUT2D eigenvalue weighted by Gasteiger charge is -2.25. The van der Waals surface area contributed by atoms with Gasteiger partial charge in [0, 0.05) is 10.6 Å². The molecule has 0 saturated carbocycles. The average Bonchev–Trinajstić information content (AvgIpc) is 2.60. The SMILES string of the molecule is C[C@]1(c2c(F)cccc2Cl)NOC=C1C(=O)O. The first-order valence-electron chi connectivity index (χ1n) is 4.78. The number of halogens is 2. The van der Waals surface area contributed by atoms with E-state index in [-0.39, 0.29) is 16.2 Å². The van der Waals surface area contributed by atoms with Crippen LogP contribution in [-0.4, -0.2) is 11.1 Å². The number of hydroxylamine groups is 1. The van der Waals surface area contributed by atoms with Crippen molar-refractivity contribution in [2.24, 2.45) is 0 Å². The van der Waals surface area contributed by atoms with E-state index in [4.69, 9.17) is 21.5 Å². The molecule has 0 saturated heterocycles. The summed E-state index contributed by atoms with van der Waals surface area (Å²) >= 11 is 5.91. The van der Waals surface area contributed by atoms with Gasteiger partial charge in [-0.15, -0.1) is 5.48 Å². The minimum absolute atomic E-state index is 0.0489. The molecule has 4 nitrogen and oxygen atoms in total. The smallest absolute Gasteiger partial charge is 0.337 e. The summed E-state index contributed by atoms with van der Waals surface area (Å²) in [5.74, 6) is -1.79. The molecule has 1 aromatic carbocycles. The van der Waals surface area contributed by atoms with Gasteiger partial charge in [-0.25, -0.2) is 9.18 Å². The van der Waals surface area contributed by atoms with Crippen LogP contribution < -0.4 is 5.48 Å². The molecule has 0 amide bonds. The highest BCUT2D eigenvalue weighted by Crippen LogP contribution is 2.38. The normalized spacial score (nSPS) is 23.1. The van der Waals surface area contributed by atoms with Gasteiger partial charge in [-0.1, -0.05) is 17.7 Å². The van der Waals surface area contributed by atoms with Crippen molar-refractivity contribution < 1.29 is 19.1 Å². The monoisotopic (exact) mass is 257 g/mol. The van der Waals surface area contributed by atoms with Gasteiger partial charge in [0.1, 0.15) is 23.2 Å². The molecule has 0 unspecified atom stereocenters. The molecule has 0 spiro atoms. The number of carboxylic acids is 1. The van der Waals surface area contributed by atoms with E-state index in [1.165, 1.54) is 25.1 Å². The van der Waals surface area contributed by atoms with Gasteiger partial charge in [-0.3, -0.25) is 0 Å². The molecule has 0 fully saturated rings. The molecule has 1 heterocycles. The maximum atomic E-state index is 13.8. The summed E-state index contributed by atoms with van der Waals surface area (Å²) in [6, 6.07) is 4.15. The van der Waals surface area contributed by atoms with Gasteiger partial charge in [0.2, 0.25) is 0 Å². The molecule has 0 aromatic heterocycles. The highest BCUT2D eigenvalue weighted by atomic mass is 35.5. The number of nitrogens with one attached hydrogen (secondary N) is 1. The molecule has 90 valence electrons. The minimum Gasteiger partial charge on any atom is -0.478 e. The average molecular weight is 258 g/mol. The van der Waals surface area contributed by atoms with Gasteiger partial charge in [-0.2, -0.15) is 0 Å². The van der Waals surface area contributed by atoms with Gasteiger partial charge in [0.15, 0.2) is 0 Å². The van der Waals surface area contributed by atoms with Crippen LogP contribution in [-0.2, 0) is 15.2 Å². The topological polar surface area (TPSA) is 58.6 Å². The van der Waals surface area contributed by atoms with Crippen molar-refractivity contribution in [3.63, 3.8) is 0 Å². The molecule has 0 bridgehead atoms. The van der Waals surface area contributed by atoms with Crippen LogP contribution in [0.4, 0.5) is 4.39 Å². The molecule has 0 radical (unpaired) electrons. The largest absolute Gasteiger partial charge is 0.478 e. The van der Waals surface area contributed by atoms with Crippen LogP contribution in [0.1, 0.15) is 12.5 Å². The number of aliphatic carboxylic acids is 1. The van der Waals surface area contributed by atoms with Gasteiger partial charge >= 0.3 is 5.97 Å². The second kappa shape index (κ2) is 4.01. The molecule has 1 aromatic rings. The third kappa shape index (κ3) is 1.77. The summed E-state index contributed by atoms with van der Waals surface area (Å²) < 4.78 is 13.8. The van der Waals surface area contributed by atoms with Crippen molar-refractivity contribution in [3.8, 4) is 0 Å². The van der Waals surface area contributed by atoms with Crippen molar-refractivity contribution in [1.82, 2.24) is 5.48 Å². The first kappa shape index (κ1) is 11.9. The Bertz CT molecular complexity index is 497. The van der Waals surface area contributed by atoms with Gasteiger partial charge in [0.25, 0.3) is 0 Å². The van der Waals surface area contributed by atoms with Crippen LogP contribution in [0.2, 0.25) is 5.02 Å². The lowest BCUT2D eigenvalue weighted by molar-refractivity contribution is -0.133. The van der Waals surface area contributed by atoms with E-state index in [0.717, 1.165) is 6.26 Å². The zero-order valence-corrected chi connectivity index (χ0v) is 9.58. The van der Waals surface area contributed by atoms with Crippen molar-refractivity contribution in [1.29, 1.82) is 0 Å². The molecule has 2 rings (SSSR count). The molecule has 2 N–H and O–H groups in total. The summed E-state index contributed by atoms with van der Waals surface area (Å²) in [6.45, 7) is 1.49. The molecular formula is C11H9ClFNO3. The van der Waals surface area contributed by atoms with Crippen molar-refractivity contribution in [3.05, 3.63) is 46.4 Å². The fourth-order valence-electron chi connectivity index (χ4n) is 1.80. The van der Waals surface area contributed by atoms with Crippen LogP contribution >= 0.6 is 11.6 Å². The standard InChI is InChI=1S/C11H9ClFNO3/c1-11(6(10(15)16)5-17-14-11)9-7(12)3-2-4-8(9)13/h2-5,14H,1H3,(H,15,16)/t11-/m0/s1. The summed E-state index contributed by atoms with van der Waals surface area (Å²) in [7, 11) is 0. The second-order valence-electron chi connectivity index (χ2n) is 3.78. The molecule has 6 heteroatoms. The number of benzene rings is 1. The van der Waals surface area contributed by atoms with Gasteiger partial charge in [-0.05, 0) is 19.1 Å². The van der Waals surface area contributed by atoms with E-state index in [0.29, 0.717) is 0 Å². The highest BCUT2D eigenvalue weighted by Gasteiger charge is 2.43. The number of carbonyl (C=O) groups is 1. The van der Waals surface area contributed by atoms with Crippen molar-refractivity contribution >= 4 is 17.6 Å². The van der Waals surface area contributed by atoms with E-state index in [1.54, 1.807) is 0 Å². The van der Waals surface area contributed by atoms with E-state index < -0.39 is 17.3 Å². The third-order valence-corrected chi connectivity index (χ3v) is 2.99. The fraction of sp³-hybridized carbons (Fsp3) is 0.182. The molecule has 1 atom stereocenters. The van der Waals surface area contributed by atoms with Crippen LogP contribution in [0, 0.1) is 5.82 Å². The predicted octanol–water partition coefficient (Wildman–Crippen LogP) is 2.20. The Balaban J connectivity index is 2.60. The summed E-state index contributed by atoms with van der Waals surface area (Å²) in [5.41, 5.74) is 1.10. The maximum absolute atomic E-state index is 13.8. The fourth-order valence-corrected chi connectivity index (χ4v) is 2.16. The van der Waals surface area contributed by atoms with E-state index in [2.05, 4.69) is 5.48 Å². The van der Waals surface area contributed by atoms with Crippen LogP contribution in [0.3, 0.4) is 0 Å². The third-order valence-electron chi connectivity index (χ3n) is 2.67. The predicted molar refractivity (Wildman–Crippen MR) is 58.7 cm³/mol. The van der Waals surface area contributed by atoms with Gasteiger partial charge < -0.3 is 9.94 Å². The lowest BCUT2D eigenvalue weighted by atomic mass is 9.85. The first-order valence-corrected chi connectivity index (χ1v) is 5.16. The first-order chi connectivity index (χ1) is 7.97. The molecular weight excluding hydrogens is 249 g/mol. The van der Waals surface area contributed by atoms with E-state index in [1.807, 2.05) is 0 Å². The Labute approximate surface area is 102 Å². The van der Waals surface area contributed by atoms with E-state index >= 15 is 0 Å². The maximum Gasteiger partial charge on any atom is 0.337 e. The van der Waals surface area contributed by atoms with Crippen LogP contribution in [0.25, 0.3) is 0 Å². The quantitative estimate of drug-likeness (QED) is 0.853. The number of hydrogen-bond acceptors (Lipinski definition) is 3. The second-order valence-corrected chi connectivity index (χ2v) is 4.19. The van der Waals surface area contributed by atoms with Crippen LogP contribution in [0.15, 0.2) is 30.0 Å². The Kier molecular flexibility index (Phi) is 2.81. The van der Waals surface area contributed by atoms with Crippen molar-refractivity contribution in [2.45, 2.75) is 12.5 Å². The molecule has 1 aliphatic rings. The number of hydrogen-bond donors (Lipinski definition) is 2. The summed E-state index contributed by atoms with van der Waals surface area (Å²) in [6.07, 6.45) is 1.03. The minimum atomic E-state index is -1.31. The summed E-state index contributed by atoms with van der Waals surface area (Å²) in [5, 5.41) is 9.17. The van der Waals surface area contributed by atoms with Crippen LogP contribution in [0.5, 0.6) is 0 Å². The number of rotatable bonds is 2. The molecule has 1 aliphatic heterocycles. The number of carboxylic acid groups (broad SMARTS) is 1. The Morgan fingerprint density at radius 2 is 2.29 bits per heavy atom. The zero-order valence-electron chi connectivity index (χ0n) is 8.83. The zero-order chi connectivity index (χ0) is 12.6. The highest BCUT2D eigenvalue weighted by molar-refractivity contribution is 6.31. The lowest BCUT2D eigenvalue weighted by Crippen LogP contribution is -2.39. The summed E-state index contributed by atoms with van der Waals surface area (Å²) in [4.78, 5) is 15.8.